The molecule has 3 aromatic rings. The van der Waals surface area contributed by atoms with Gasteiger partial charge >= 0.3 is 5.97 Å². The molecule has 2 aromatic carbocycles. The Bertz CT molecular complexity index is 1100. The topological polar surface area (TPSA) is 72.8 Å². The van der Waals surface area contributed by atoms with Crippen molar-refractivity contribution in [3.8, 4) is 0 Å². The number of aromatic nitrogens is 1. The Morgan fingerprint density at radius 1 is 1.00 bits per heavy atom. The Labute approximate surface area is 193 Å². The van der Waals surface area contributed by atoms with Crippen LogP contribution in [0.1, 0.15) is 27.3 Å². The number of aryl methyl sites for hydroxylation is 1. The lowest BCUT2D eigenvalue weighted by Crippen LogP contribution is -2.36. The maximum absolute atomic E-state index is 12.6. The number of amides is 1. The number of nitrogens with one attached hydrogen (secondary N) is 1. The molecule has 1 aromatic heterocycles. The van der Waals surface area contributed by atoms with Crippen LogP contribution in [0.2, 0.25) is 0 Å². The number of esters is 1. The Kier molecular flexibility index (Phi) is 7.10. The van der Waals surface area contributed by atoms with E-state index in [2.05, 4.69) is 26.9 Å². The third kappa shape index (κ3) is 5.62. The zero-order chi connectivity index (χ0) is 23.2. The minimum absolute atomic E-state index is 0.341. The largest absolute Gasteiger partial charge is 0.452 e. The molecule has 2 heterocycles. The van der Waals surface area contributed by atoms with Gasteiger partial charge in [-0.1, -0.05) is 30.3 Å². The molecular weight excluding hydrogens is 418 g/mol. The van der Waals surface area contributed by atoms with E-state index in [0.717, 1.165) is 48.9 Å². The number of carbonyl (C=O) groups is 2. The monoisotopic (exact) mass is 447 g/mol. The molecule has 0 unspecified atom stereocenters. The van der Waals surface area contributed by atoms with Crippen molar-refractivity contribution >= 4 is 23.3 Å². The van der Waals surface area contributed by atoms with Crippen LogP contribution in [0.15, 0.2) is 60.7 Å². The van der Waals surface area contributed by atoms with Gasteiger partial charge < -0.3 is 24.3 Å². The van der Waals surface area contributed by atoms with E-state index in [1.54, 1.807) is 0 Å². The molecule has 1 saturated heterocycles. The first-order chi connectivity index (χ1) is 16.0. The van der Waals surface area contributed by atoms with Crippen LogP contribution >= 0.6 is 0 Å². The zero-order valence-corrected chi connectivity index (χ0v) is 19.0. The van der Waals surface area contributed by atoms with Crippen LogP contribution < -0.4 is 10.2 Å². The summed E-state index contributed by atoms with van der Waals surface area (Å²) in [5.74, 6) is -0.874. The van der Waals surface area contributed by atoms with E-state index in [-0.39, 0.29) is 12.5 Å². The van der Waals surface area contributed by atoms with Crippen LogP contribution in [0.5, 0.6) is 0 Å². The van der Waals surface area contributed by atoms with Crippen LogP contribution in [-0.4, -0.2) is 49.4 Å². The van der Waals surface area contributed by atoms with Gasteiger partial charge in [0.05, 0.1) is 18.8 Å². The maximum Gasteiger partial charge on any atom is 0.340 e. The van der Waals surface area contributed by atoms with Gasteiger partial charge in [-0.15, -0.1) is 0 Å². The van der Waals surface area contributed by atoms with Crippen molar-refractivity contribution in [2.24, 2.45) is 0 Å². The predicted octanol–water partition coefficient (Wildman–Crippen LogP) is 3.79. The maximum atomic E-state index is 12.6. The molecule has 1 aliphatic rings. The highest BCUT2D eigenvalue weighted by Gasteiger charge is 2.18. The molecule has 0 radical (unpaired) electrons. The summed E-state index contributed by atoms with van der Waals surface area (Å²) in [5, 5.41) is 2.78. The molecule has 0 spiro atoms. The standard InChI is InChI=1S/C26H29N3O4/c1-19-16-24(20(2)29(19)17-21-6-4-3-5-7-21)26(31)33-18-25(30)27-22-8-10-23(11-9-22)28-12-14-32-15-13-28/h3-11,16H,12-15,17-18H2,1-2H3,(H,27,30). The minimum atomic E-state index is -0.500. The van der Waals surface area contributed by atoms with Gasteiger partial charge in [0.1, 0.15) is 0 Å². The van der Waals surface area contributed by atoms with Gasteiger partial charge in [0.2, 0.25) is 0 Å². The summed E-state index contributed by atoms with van der Waals surface area (Å²) in [6.45, 7) is 7.33. The Morgan fingerprint density at radius 3 is 2.39 bits per heavy atom. The normalized spacial score (nSPS) is 13.6. The Hall–Kier alpha value is -3.58. The number of rotatable bonds is 7. The molecule has 0 aliphatic carbocycles. The minimum Gasteiger partial charge on any atom is -0.452 e. The van der Waals surface area contributed by atoms with E-state index in [1.807, 2.05) is 62.4 Å². The highest BCUT2D eigenvalue weighted by atomic mass is 16.5. The average molecular weight is 448 g/mol. The zero-order valence-electron chi connectivity index (χ0n) is 19.0. The van der Waals surface area contributed by atoms with Crippen LogP contribution in [0, 0.1) is 13.8 Å². The summed E-state index contributed by atoms with van der Waals surface area (Å²) in [5.41, 5.74) is 5.17. The van der Waals surface area contributed by atoms with Crippen LogP contribution in [0.3, 0.4) is 0 Å². The second-order valence-electron chi connectivity index (χ2n) is 8.13. The van der Waals surface area contributed by atoms with Crippen molar-refractivity contribution in [3.63, 3.8) is 0 Å². The van der Waals surface area contributed by atoms with Gasteiger partial charge in [0, 0.05) is 42.4 Å². The van der Waals surface area contributed by atoms with E-state index < -0.39 is 5.97 Å². The van der Waals surface area contributed by atoms with Crippen LogP contribution in [-0.2, 0) is 20.8 Å². The molecule has 0 atom stereocenters. The summed E-state index contributed by atoms with van der Waals surface area (Å²) in [6, 6.07) is 19.5. The third-order valence-electron chi connectivity index (χ3n) is 5.84. The van der Waals surface area contributed by atoms with E-state index in [9.17, 15) is 9.59 Å². The number of benzene rings is 2. The van der Waals surface area contributed by atoms with E-state index in [0.29, 0.717) is 17.8 Å². The first kappa shape index (κ1) is 22.6. The second kappa shape index (κ2) is 10.4. The number of nitrogens with zero attached hydrogens (tertiary/aromatic N) is 2. The quantitative estimate of drug-likeness (QED) is 0.558. The molecular formula is C26H29N3O4. The second-order valence-corrected chi connectivity index (χ2v) is 8.13. The van der Waals surface area contributed by atoms with Gasteiger partial charge in [-0.3, -0.25) is 4.79 Å². The molecule has 172 valence electrons. The fourth-order valence-electron chi connectivity index (χ4n) is 4.00. The Balaban J connectivity index is 1.31. The molecule has 1 aliphatic heterocycles. The molecule has 7 heteroatoms. The number of hydrogen-bond donors (Lipinski definition) is 1. The van der Waals surface area contributed by atoms with Gasteiger partial charge in [-0.05, 0) is 49.7 Å². The summed E-state index contributed by atoms with van der Waals surface area (Å²) in [4.78, 5) is 27.2. The van der Waals surface area contributed by atoms with E-state index in [4.69, 9.17) is 9.47 Å². The summed E-state index contributed by atoms with van der Waals surface area (Å²) < 4.78 is 12.7. The highest BCUT2D eigenvalue weighted by molar-refractivity contribution is 5.96. The van der Waals surface area contributed by atoms with Gasteiger partial charge in [-0.25, -0.2) is 4.79 Å². The number of hydrogen-bond acceptors (Lipinski definition) is 5. The van der Waals surface area contributed by atoms with Crippen molar-refractivity contribution in [2.45, 2.75) is 20.4 Å². The molecule has 1 N–H and O–H groups in total. The molecule has 7 nitrogen and oxygen atoms in total. The van der Waals surface area contributed by atoms with Crippen molar-refractivity contribution in [1.29, 1.82) is 0 Å². The molecule has 0 saturated carbocycles. The molecule has 33 heavy (non-hydrogen) atoms. The van der Waals surface area contributed by atoms with Crippen molar-refractivity contribution in [3.05, 3.63) is 83.2 Å². The first-order valence-corrected chi connectivity index (χ1v) is 11.1. The van der Waals surface area contributed by atoms with Crippen molar-refractivity contribution < 1.29 is 19.1 Å². The lowest BCUT2D eigenvalue weighted by molar-refractivity contribution is -0.119. The van der Waals surface area contributed by atoms with Gasteiger partial charge in [-0.2, -0.15) is 0 Å². The van der Waals surface area contributed by atoms with Crippen molar-refractivity contribution in [2.75, 3.05) is 43.1 Å². The number of anilines is 2. The summed E-state index contributed by atoms with van der Waals surface area (Å²) in [7, 11) is 0. The first-order valence-electron chi connectivity index (χ1n) is 11.1. The van der Waals surface area contributed by atoms with Gasteiger partial charge in [0.15, 0.2) is 6.61 Å². The number of morpholine rings is 1. The summed E-state index contributed by atoms with van der Waals surface area (Å²) >= 11 is 0. The number of carbonyl (C=O) groups excluding carboxylic acids is 2. The third-order valence-corrected chi connectivity index (χ3v) is 5.84. The van der Waals surface area contributed by atoms with E-state index in [1.165, 1.54) is 0 Å². The lowest BCUT2D eigenvalue weighted by atomic mass is 10.2. The fourth-order valence-corrected chi connectivity index (χ4v) is 4.00. The van der Waals surface area contributed by atoms with Gasteiger partial charge in [0.25, 0.3) is 5.91 Å². The van der Waals surface area contributed by atoms with Crippen molar-refractivity contribution in [1.82, 2.24) is 4.57 Å². The molecule has 1 amide bonds. The smallest absolute Gasteiger partial charge is 0.340 e. The molecule has 0 bridgehead atoms. The molecule has 1 fully saturated rings. The SMILES string of the molecule is Cc1cc(C(=O)OCC(=O)Nc2ccc(N3CCOCC3)cc2)c(C)n1Cc1ccccc1. The average Bonchev–Trinajstić information content (AvgIpc) is 3.12. The lowest BCUT2D eigenvalue weighted by Gasteiger charge is -2.28. The van der Waals surface area contributed by atoms with E-state index >= 15 is 0 Å². The number of ether oxygens (including phenoxy) is 2. The molecule has 4 rings (SSSR count). The van der Waals surface area contributed by atoms with Crippen LogP contribution in [0.4, 0.5) is 11.4 Å². The van der Waals surface area contributed by atoms with Crippen LogP contribution in [0.25, 0.3) is 0 Å². The highest BCUT2D eigenvalue weighted by Crippen LogP contribution is 2.20. The predicted molar refractivity (Wildman–Crippen MR) is 128 cm³/mol. The Morgan fingerprint density at radius 2 is 1.70 bits per heavy atom. The fraction of sp³-hybridized carbons (Fsp3) is 0.308. The summed E-state index contributed by atoms with van der Waals surface area (Å²) in [6.07, 6.45) is 0.